The van der Waals surface area contributed by atoms with E-state index in [0.29, 0.717) is 17.3 Å². The van der Waals surface area contributed by atoms with Crippen LogP contribution in [0.25, 0.3) is 16.2 Å². The third-order valence-corrected chi connectivity index (χ3v) is 5.71. The summed E-state index contributed by atoms with van der Waals surface area (Å²) in [7, 11) is -3.83. The van der Waals surface area contributed by atoms with E-state index in [1.807, 2.05) is 24.3 Å². The molecule has 0 unspecified atom stereocenters. The Bertz CT molecular complexity index is 929. The summed E-state index contributed by atoms with van der Waals surface area (Å²) in [5, 5.41) is 9.16. The van der Waals surface area contributed by atoms with Crippen LogP contribution < -0.4 is 9.88 Å². The molecule has 0 aliphatic carbocycles. The van der Waals surface area contributed by atoms with Gasteiger partial charge in [0.1, 0.15) is 5.75 Å². The number of ether oxygens (including phenoxy) is 1. The van der Waals surface area contributed by atoms with Crippen molar-refractivity contribution in [3.05, 3.63) is 30.5 Å². The van der Waals surface area contributed by atoms with Crippen molar-refractivity contribution >= 4 is 26.3 Å². The largest absolute Gasteiger partial charge is 0.494 e. The molecule has 0 aliphatic heterocycles. The SMILES string of the molecule is CCCCCOc1ccc(-c2cnc3sc(S(N)(=O)=O)nn23)cc1. The molecule has 3 rings (SSSR count). The second kappa shape index (κ2) is 6.88. The summed E-state index contributed by atoms with van der Waals surface area (Å²) in [6.45, 7) is 2.86. The summed E-state index contributed by atoms with van der Waals surface area (Å²) in [4.78, 5) is 4.67. The van der Waals surface area contributed by atoms with Crippen molar-refractivity contribution in [1.82, 2.24) is 14.6 Å². The topological polar surface area (TPSA) is 99.6 Å². The van der Waals surface area contributed by atoms with Crippen LogP contribution in [0.15, 0.2) is 34.8 Å². The van der Waals surface area contributed by atoms with Gasteiger partial charge in [0, 0.05) is 5.56 Å². The number of nitrogens with zero attached hydrogens (tertiary/aromatic N) is 3. The van der Waals surface area contributed by atoms with Crippen LogP contribution in [0, 0.1) is 0 Å². The molecule has 9 heteroatoms. The second-order valence-corrected chi connectivity index (χ2v) is 8.02. The Morgan fingerprint density at radius 1 is 1.25 bits per heavy atom. The molecule has 2 heterocycles. The van der Waals surface area contributed by atoms with Gasteiger partial charge in [-0.25, -0.2) is 23.1 Å². The first-order chi connectivity index (χ1) is 11.5. The molecular weight excluding hydrogens is 348 g/mol. The molecule has 0 radical (unpaired) electrons. The van der Waals surface area contributed by atoms with E-state index >= 15 is 0 Å². The lowest BCUT2D eigenvalue weighted by Gasteiger charge is -2.06. The third kappa shape index (κ3) is 3.58. The van der Waals surface area contributed by atoms with Gasteiger partial charge >= 0.3 is 0 Å². The average molecular weight is 366 g/mol. The van der Waals surface area contributed by atoms with Crippen LogP contribution in [0.3, 0.4) is 0 Å². The highest BCUT2D eigenvalue weighted by atomic mass is 32.2. The van der Waals surface area contributed by atoms with E-state index in [0.717, 1.165) is 41.9 Å². The van der Waals surface area contributed by atoms with Gasteiger partial charge in [0.25, 0.3) is 10.0 Å². The van der Waals surface area contributed by atoms with Gasteiger partial charge in [0.05, 0.1) is 18.5 Å². The first-order valence-electron chi connectivity index (χ1n) is 7.59. The molecule has 1 aromatic carbocycles. The molecule has 24 heavy (non-hydrogen) atoms. The van der Waals surface area contributed by atoms with E-state index in [4.69, 9.17) is 9.88 Å². The Morgan fingerprint density at radius 3 is 2.67 bits per heavy atom. The molecule has 0 aliphatic rings. The third-order valence-electron chi connectivity index (χ3n) is 3.48. The van der Waals surface area contributed by atoms with Gasteiger partial charge in [-0.1, -0.05) is 31.1 Å². The lowest BCUT2D eigenvalue weighted by molar-refractivity contribution is 0.306. The van der Waals surface area contributed by atoms with Crippen molar-refractivity contribution in [2.24, 2.45) is 5.14 Å². The van der Waals surface area contributed by atoms with Gasteiger partial charge in [-0.3, -0.25) is 0 Å². The summed E-state index contributed by atoms with van der Waals surface area (Å²) in [5.41, 5.74) is 1.57. The maximum absolute atomic E-state index is 11.4. The Balaban J connectivity index is 1.81. The molecule has 0 spiro atoms. The summed E-state index contributed by atoms with van der Waals surface area (Å²) in [5.74, 6) is 0.805. The minimum Gasteiger partial charge on any atom is -0.494 e. The van der Waals surface area contributed by atoms with Crippen LogP contribution in [0.2, 0.25) is 0 Å². The number of rotatable bonds is 7. The fraction of sp³-hybridized carbons (Fsp3) is 0.333. The fourth-order valence-electron chi connectivity index (χ4n) is 2.25. The van der Waals surface area contributed by atoms with Gasteiger partial charge < -0.3 is 4.74 Å². The van der Waals surface area contributed by atoms with Gasteiger partial charge in [-0.2, -0.15) is 0 Å². The van der Waals surface area contributed by atoms with Crippen molar-refractivity contribution in [3.63, 3.8) is 0 Å². The van der Waals surface area contributed by atoms with Crippen LogP contribution >= 0.6 is 11.3 Å². The molecular formula is C15H18N4O3S2. The number of sulfonamides is 1. The maximum atomic E-state index is 11.4. The maximum Gasteiger partial charge on any atom is 0.267 e. The van der Waals surface area contributed by atoms with E-state index in [-0.39, 0.29) is 4.34 Å². The zero-order valence-electron chi connectivity index (χ0n) is 13.2. The molecule has 2 N–H and O–H groups in total. The Kier molecular flexibility index (Phi) is 4.83. The quantitative estimate of drug-likeness (QED) is 0.648. The molecule has 0 saturated heterocycles. The number of imidazole rings is 1. The number of unbranched alkanes of at least 4 members (excludes halogenated alkanes) is 2. The van der Waals surface area contributed by atoms with E-state index in [9.17, 15) is 8.42 Å². The highest BCUT2D eigenvalue weighted by Gasteiger charge is 2.18. The smallest absolute Gasteiger partial charge is 0.267 e. The number of fused-ring (bicyclic) bond motifs is 1. The minimum absolute atomic E-state index is 0.150. The second-order valence-electron chi connectivity index (χ2n) is 5.33. The predicted molar refractivity (Wildman–Crippen MR) is 92.7 cm³/mol. The molecule has 128 valence electrons. The first kappa shape index (κ1) is 16.9. The summed E-state index contributed by atoms with van der Waals surface area (Å²) >= 11 is 0.942. The fourth-order valence-corrected chi connectivity index (χ4v) is 3.74. The summed E-state index contributed by atoms with van der Waals surface area (Å²) < 4.78 is 29.8. The molecule has 0 bridgehead atoms. The van der Waals surface area contributed by atoms with Crippen LogP contribution in [0.1, 0.15) is 26.2 Å². The predicted octanol–water partition coefficient (Wildman–Crippen LogP) is 2.67. The monoisotopic (exact) mass is 366 g/mol. The van der Waals surface area contributed by atoms with Crippen LogP contribution in [0.4, 0.5) is 0 Å². The van der Waals surface area contributed by atoms with Gasteiger partial charge in [-0.05, 0) is 30.7 Å². The van der Waals surface area contributed by atoms with Crippen molar-refractivity contribution < 1.29 is 13.2 Å². The Morgan fingerprint density at radius 2 is 2.00 bits per heavy atom. The average Bonchev–Trinajstić information content (AvgIpc) is 3.12. The standard InChI is InChI=1S/C15H18N4O3S2/c1-2-3-4-9-22-12-7-5-11(6-8-12)13-10-17-14-19(13)18-15(23-14)24(16,20)21/h5-8,10H,2-4,9H2,1H3,(H2,16,20,21). The number of hydrogen-bond donors (Lipinski definition) is 1. The summed E-state index contributed by atoms with van der Waals surface area (Å²) in [6.07, 6.45) is 5.01. The lowest BCUT2D eigenvalue weighted by Crippen LogP contribution is -2.12. The van der Waals surface area contributed by atoms with Crippen molar-refractivity contribution in [3.8, 4) is 17.0 Å². The van der Waals surface area contributed by atoms with Crippen LogP contribution in [-0.2, 0) is 10.0 Å². The number of benzene rings is 1. The van der Waals surface area contributed by atoms with Gasteiger partial charge in [0.2, 0.25) is 9.30 Å². The zero-order valence-corrected chi connectivity index (χ0v) is 14.8. The highest BCUT2D eigenvalue weighted by Crippen LogP contribution is 2.26. The van der Waals surface area contributed by atoms with E-state index < -0.39 is 10.0 Å². The minimum atomic E-state index is -3.83. The zero-order chi connectivity index (χ0) is 17.2. The van der Waals surface area contributed by atoms with Gasteiger partial charge in [-0.15, -0.1) is 5.10 Å². The molecule has 0 amide bonds. The number of nitrogens with two attached hydrogens (primary N) is 1. The van der Waals surface area contributed by atoms with Gasteiger partial charge in [0.15, 0.2) is 0 Å². The van der Waals surface area contributed by atoms with Crippen LogP contribution in [0.5, 0.6) is 5.75 Å². The van der Waals surface area contributed by atoms with Crippen molar-refractivity contribution in [2.75, 3.05) is 6.61 Å². The number of hydrogen-bond acceptors (Lipinski definition) is 6. The van der Waals surface area contributed by atoms with E-state index in [2.05, 4.69) is 17.0 Å². The Hall–Kier alpha value is -1.97. The molecule has 0 saturated carbocycles. The Labute approximate surface area is 144 Å². The molecule has 7 nitrogen and oxygen atoms in total. The summed E-state index contributed by atoms with van der Waals surface area (Å²) in [6, 6.07) is 7.56. The number of aromatic nitrogens is 3. The van der Waals surface area contributed by atoms with E-state index in [1.54, 1.807) is 6.20 Å². The lowest BCUT2D eigenvalue weighted by atomic mass is 10.1. The highest BCUT2D eigenvalue weighted by molar-refractivity contribution is 7.91. The van der Waals surface area contributed by atoms with Crippen molar-refractivity contribution in [1.29, 1.82) is 0 Å². The molecule has 2 aromatic heterocycles. The van der Waals surface area contributed by atoms with E-state index in [1.165, 1.54) is 4.52 Å². The van der Waals surface area contributed by atoms with Crippen molar-refractivity contribution in [2.45, 2.75) is 30.5 Å². The molecule has 0 atom stereocenters. The molecule has 0 fully saturated rings. The first-order valence-corrected chi connectivity index (χ1v) is 9.96. The number of primary sulfonamides is 1. The normalized spacial score (nSPS) is 11.9. The molecule has 3 aromatic rings. The van der Waals surface area contributed by atoms with Crippen LogP contribution in [-0.4, -0.2) is 29.6 Å².